The Morgan fingerprint density at radius 3 is 2.53 bits per heavy atom. The highest BCUT2D eigenvalue weighted by Gasteiger charge is 2.40. The molecule has 1 aromatic heterocycles. The van der Waals surface area contributed by atoms with Crippen LogP contribution in [0, 0.1) is 0 Å². The second-order valence-corrected chi connectivity index (χ2v) is 13.5. The number of likely N-dealkylation sites (N-methyl/N-ethyl adjacent to an activating group) is 1. The minimum Gasteiger partial charge on any atom is -0.364 e. The van der Waals surface area contributed by atoms with Crippen LogP contribution in [-0.2, 0) is 22.4 Å². The number of halogens is 2. The number of rotatable bonds is 9. The molecule has 0 radical (unpaired) electrons. The van der Waals surface area contributed by atoms with Gasteiger partial charge in [0, 0.05) is 37.5 Å². The molecule has 13 heteroatoms. The molecular weight excluding hydrogens is 576 g/mol. The summed E-state index contributed by atoms with van der Waals surface area (Å²) in [5.74, 6) is -3.52. The maximum absolute atomic E-state index is 14.7. The van der Waals surface area contributed by atoms with Crippen molar-refractivity contribution in [1.82, 2.24) is 24.5 Å². The first-order valence-electron chi connectivity index (χ1n) is 14.2. The highest BCUT2D eigenvalue weighted by molar-refractivity contribution is 7.88. The van der Waals surface area contributed by atoms with Crippen LogP contribution in [0.25, 0.3) is 0 Å². The van der Waals surface area contributed by atoms with E-state index in [0.717, 1.165) is 56.4 Å². The van der Waals surface area contributed by atoms with Crippen LogP contribution in [-0.4, -0.2) is 79.0 Å². The van der Waals surface area contributed by atoms with E-state index in [-0.39, 0.29) is 23.7 Å². The lowest BCUT2D eigenvalue weighted by molar-refractivity contribution is 0.0175. The molecule has 5 rings (SSSR count). The molecule has 2 aromatic carbocycles. The summed E-state index contributed by atoms with van der Waals surface area (Å²) in [7, 11) is -0.0594. The summed E-state index contributed by atoms with van der Waals surface area (Å²) in [5.41, 5.74) is 2.28. The highest BCUT2D eigenvalue weighted by atomic mass is 32.2. The molecular formula is C30H37F2N7O3S. The summed E-state index contributed by atoms with van der Waals surface area (Å²) in [6.07, 6.45) is 4.35. The van der Waals surface area contributed by atoms with Gasteiger partial charge in [-0.3, -0.25) is 4.79 Å². The number of amides is 1. The SMILES string of the molecule is CN1CCC(NC(=O)c2cccc(Nc3ncc(C(C)(F)F)c(NC4Cc5ccccc5C4N(C)S(C)(=O)=O)n3)c2)CC1. The Balaban J connectivity index is 1.39. The number of anilines is 3. The number of hydrogen-bond donors (Lipinski definition) is 3. The first kappa shape index (κ1) is 30.8. The van der Waals surface area contributed by atoms with E-state index in [1.807, 2.05) is 24.3 Å². The van der Waals surface area contributed by atoms with Crippen molar-refractivity contribution >= 4 is 33.4 Å². The van der Waals surface area contributed by atoms with Crippen molar-refractivity contribution in [3.8, 4) is 0 Å². The van der Waals surface area contributed by atoms with Crippen LogP contribution in [0.3, 0.4) is 0 Å². The lowest BCUT2D eigenvalue weighted by Gasteiger charge is -2.30. The molecule has 3 aromatic rings. The predicted octanol–water partition coefficient (Wildman–Crippen LogP) is 4.13. The minimum absolute atomic E-state index is 0.0481. The summed E-state index contributed by atoms with van der Waals surface area (Å²) in [6.45, 7) is 2.61. The summed E-state index contributed by atoms with van der Waals surface area (Å²) < 4.78 is 55.7. The van der Waals surface area contributed by atoms with E-state index in [4.69, 9.17) is 0 Å². The molecule has 1 aliphatic carbocycles. The van der Waals surface area contributed by atoms with Crippen molar-refractivity contribution in [2.24, 2.45) is 0 Å². The Hall–Kier alpha value is -3.68. The van der Waals surface area contributed by atoms with Crippen molar-refractivity contribution in [3.63, 3.8) is 0 Å². The number of benzene rings is 2. The van der Waals surface area contributed by atoms with Crippen LogP contribution in [0.1, 0.15) is 52.9 Å². The van der Waals surface area contributed by atoms with E-state index < -0.39 is 33.6 Å². The van der Waals surface area contributed by atoms with E-state index in [1.54, 1.807) is 24.3 Å². The number of carbonyl (C=O) groups is 1. The van der Waals surface area contributed by atoms with Crippen molar-refractivity contribution < 1.29 is 22.0 Å². The molecule has 0 spiro atoms. The second-order valence-electron chi connectivity index (χ2n) is 11.5. The molecule has 2 aliphatic rings. The van der Waals surface area contributed by atoms with Crippen LogP contribution in [0.2, 0.25) is 0 Å². The smallest absolute Gasteiger partial charge is 0.275 e. The fourth-order valence-electron chi connectivity index (χ4n) is 5.70. The first-order chi connectivity index (χ1) is 20.3. The number of hydrogen-bond acceptors (Lipinski definition) is 8. The van der Waals surface area contributed by atoms with Gasteiger partial charge in [-0.15, -0.1) is 0 Å². The third-order valence-electron chi connectivity index (χ3n) is 8.13. The molecule has 0 bridgehead atoms. The molecule has 2 heterocycles. The average Bonchev–Trinajstić information content (AvgIpc) is 3.30. The first-order valence-corrected chi connectivity index (χ1v) is 16.0. The third-order valence-corrected chi connectivity index (χ3v) is 9.40. The number of likely N-dealkylation sites (tertiary alicyclic amines) is 1. The van der Waals surface area contributed by atoms with Gasteiger partial charge in [-0.25, -0.2) is 22.2 Å². The lowest BCUT2D eigenvalue weighted by Crippen LogP contribution is -2.43. The number of nitrogens with zero attached hydrogens (tertiary/aromatic N) is 4. The van der Waals surface area contributed by atoms with Crippen LogP contribution in [0.15, 0.2) is 54.7 Å². The fraction of sp³-hybridized carbons (Fsp3) is 0.433. The topological polar surface area (TPSA) is 120 Å². The van der Waals surface area contributed by atoms with E-state index in [0.29, 0.717) is 17.7 Å². The normalized spacial score (nSPS) is 19.7. The molecule has 0 saturated carbocycles. The maximum atomic E-state index is 14.7. The minimum atomic E-state index is -3.60. The number of nitrogens with one attached hydrogen (secondary N) is 3. The fourth-order valence-corrected chi connectivity index (χ4v) is 6.37. The molecule has 43 heavy (non-hydrogen) atoms. The Labute approximate surface area is 251 Å². The molecule has 3 N–H and O–H groups in total. The molecule has 1 fully saturated rings. The molecule has 10 nitrogen and oxygen atoms in total. The summed E-state index contributed by atoms with van der Waals surface area (Å²) in [6, 6.07) is 13.2. The Morgan fingerprint density at radius 1 is 1.12 bits per heavy atom. The van der Waals surface area contributed by atoms with Crippen LogP contribution in [0.4, 0.5) is 26.2 Å². The van der Waals surface area contributed by atoms with Gasteiger partial charge < -0.3 is 20.9 Å². The van der Waals surface area contributed by atoms with Gasteiger partial charge in [0.15, 0.2) is 0 Å². The zero-order valence-corrected chi connectivity index (χ0v) is 25.5. The number of fused-ring (bicyclic) bond motifs is 1. The summed E-state index contributed by atoms with van der Waals surface area (Å²) in [4.78, 5) is 23.7. The molecule has 230 valence electrons. The highest BCUT2D eigenvalue weighted by Crippen LogP contribution is 2.40. The summed E-state index contributed by atoms with van der Waals surface area (Å²) >= 11 is 0. The van der Waals surface area contributed by atoms with Gasteiger partial charge in [0.1, 0.15) is 5.82 Å². The number of aromatic nitrogens is 2. The van der Waals surface area contributed by atoms with Crippen molar-refractivity contribution in [2.45, 2.75) is 50.2 Å². The van der Waals surface area contributed by atoms with Crippen LogP contribution in [0.5, 0.6) is 0 Å². The molecule has 1 aliphatic heterocycles. The standard InChI is InChI=1S/C30H37F2N7O3S/c1-30(31,32)24-18-33-29(35-22-10-7-9-20(16-22)28(40)34-21-12-14-38(2)15-13-21)37-27(24)36-25-17-19-8-5-6-11-23(19)26(25)39(3)43(4,41)42/h5-11,16,18,21,25-26H,12-15,17H2,1-4H3,(H,34,40)(H2,33,35,36,37). The van der Waals surface area contributed by atoms with Gasteiger partial charge in [-0.2, -0.15) is 9.29 Å². The van der Waals surface area contributed by atoms with Crippen LogP contribution < -0.4 is 16.0 Å². The zero-order valence-electron chi connectivity index (χ0n) is 24.6. The number of piperidine rings is 1. The third kappa shape index (κ3) is 7.11. The zero-order chi connectivity index (χ0) is 30.9. The average molecular weight is 614 g/mol. The van der Waals surface area contributed by atoms with E-state index in [2.05, 4.69) is 37.9 Å². The van der Waals surface area contributed by atoms with Gasteiger partial charge in [-0.05, 0) is 68.7 Å². The Bertz CT molecular complexity index is 1590. The monoisotopic (exact) mass is 613 g/mol. The van der Waals surface area contributed by atoms with Gasteiger partial charge in [0.25, 0.3) is 11.8 Å². The van der Waals surface area contributed by atoms with E-state index >= 15 is 0 Å². The van der Waals surface area contributed by atoms with Gasteiger partial charge in [-0.1, -0.05) is 30.3 Å². The second kappa shape index (κ2) is 12.1. The molecule has 1 amide bonds. The predicted molar refractivity (Wildman–Crippen MR) is 162 cm³/mol. The number of sulfonamides is 1. The number of carbonyl (C=O) groups excluding carboxylic acids is 1. The van der Waals surface area contributed by atoms with Crippen LogP contribution >= 0.6 is 0 Å². The summed E-state index contributed by atoms with van der Waals surface area (Å²) in [5, 5.41) is 9.24. The largest absolute Gasteiger partial charge is 0.364 e. The van der Waals surface area contributed by atoms with E-state index in [1.165, 1.54) is 11.4 Å². The lowest BCUT2D eigenvalue weighted by atomic mass is 10.0. The van der Waals surface area contributed by atoms with Crippen molar-refractivity contribution in [2.75, 3.05) is 44.1 Å². The van der Waals surface area contributed by atoms with Crippen molar-refractivity contribution in [1.29, 1.82) is 0 Å². The van der Waals surface area contributed by atoms with E-state index in [9.17, 15) is 22.0 Å². The maximum Gasteiger partial charge on any atom is 0.275 e. The Morgan fingerprint density at radius 2 is 1.84 bits per heavy atom. The van der Waals surface area contributed by atoms with Gasteiger partial charge >= 0.3 is 0 Å². The molecule has 1 saturated heterocycles. The van der Waals surface area contributed by atoms with Gasteiger partial charge in [0.2, 0.25) is 16.0 Å². The Kier molecular flexibility index (Phi) is 8.68. The van der Waals surface area contributed by atoms with Crippen molar-refractivity contribution in [3.05, 3.63) is 77.0 Å². The quantitative estimate of drug-likeness (QED) is 0.330. The molecule has 2 atom stereocenters. The van der Waals surface area contributed by atoms with Gasteiger partial charge in [0.05, 0.1) is 23.9 Å². The molecule has 2 unspecified atom stereocenters. The number of alkyl halides is 2.